The molecule has 1 aromatic heterocycles. The molecule has 2 fully saturated rings. The van der Waals surface area contributed by atoms with Gasteiger partial charge >= 0.3 is 0 Å². The Kier molecular flexibility index (Phi) is 2.36. The van der Waals surface area contributed by atoms with Crippen LogP contribution in [0.4, 0.5) is 0 Å². The molecule has 1 heterocycles. The molecule has 0 amide bonds. The highest BCUT2D eigenvalue weighted by atomic mass is 16.5. The summed E-state index contributed by atoms with van der Waals surface area (Å²) in [4.78, 5) is 4.64. The van der Waals surface area contributed by atoms with E-state index in [-0.39, 0.29) is 6.04 Å². The molecular weight excluding hydrogens is 240 g/mol. The maximum atomic E-state index is 6.35. The highest BCUT2D eigenvalue weighted by Crippen LogP contribution is 2.52. The Morgan fingerprint density at radius 1 is 1.32 bits per heavy atom. The third-order valence-electron chi connectivity index (χ3n) is 4.88. The second kappa shape index (κ2) is 3.97. The smallest absolute Gasteiger partial charge is 0.200 e. The van der Waals surface area contributed by atoms with Gasteiger partial charge in [-0.1, -0.05) is 0 Å². The fraction of sp³-hybridized carbons (Fsp3) is 0.533. The molecule has 0 spiro atoms. The highest BCUT2D eigenvalue weighted by molar-refractivity contribution is 5.74. The molecule has 0 radical (unpaired) electrons. The number of hydrogen-bond acceptors (Lipinski definition) is 4. The van der Waals surface area contributed by atoms with Crippen LogP contribution in [0.5, 0.6) is 5.75 Å². The van der Waals surface area contributed by atoms with E-state index < -0.39 is 0 Å². The van der Waals surface area contributed by atoms with Gasteiger partial charge in [-0.25, -0.2) is 4.98 Å². The average molecular weight is 258 g/mol. The average Bonchev–Trinajstić information content (AvgIpc) is 3.10. The Labute approximate surface area is 111 Å². The third-order valence-corrected chi connectivity index (χ3v) is 4.88. The van der Waals surface area contributed by atoms with Crippen LogP contribution in [-0.4, -0.2) is 18.1 Å². The SMILES string of the molecule is COc1ccc2nc(C3C4CCC(C4)C3N)oc2c1. The first kappa shape index (κ1) is 11.3. The van der Waals surface area contributed by atoms with Crippen LogP contribution >= 0.6 is 0 Å². The molecule has 4 atom stereocenters. The maximum absolute atomic E-state index is 6.35. The number of nitrogens with two attached hydrogens (primary N) is 1. The second-order valence-electron chi connectivity index (χ2n) is 5.82. The molecule has 2 aliphatic carbocycles. The molecule has 19 heavy (non-hydrogen) atoms. The summed E-state index contributed by atoms with van der Waals surface area (Å²) >= 11 is 0. The lowest BCUT2D eigenvalue weighted by molar-refractivity contribution is 0.316. The fourth-order valence-corrected chi connectivity index (χ4v) is 3.89. The Bertz CT molecular complexity index is 620. The number of methoxy groups -OCH3 is 1. The van der Waals surface area contributed by atoms with Crippen molar-refractivity contribution in [2.45, 2.75) is 31.2 Å². The van der Waals surface area contributed by atoms with Gasteiger partial charge in [-0.3, -0.25) is 0 Å². The van der Waals surface area contributed by atoms with Crippen molar-refractivity contribution >= 4 is 11.1 Å². The zero-order valence-electron chi connectivity index (χ0n) is 11.0. The third kappa shape index (κ3) is 1.59. The first-order chi connectivity index (χ1) is 9.26. The predicted molar refractivity (Wildman–Crippen MR) is 72.1 cm³/mol. The molecule has 4 heteroatoms. The summed E-state index contributed by atoms with van der Waals surface area (Å²) in [6.07, 6.45) is 3.79. The topological polar surface area (TPSA) is 61.3 Å². The van der Waals surface area contributed by atoms with Gasteiger partial charge in [0.15, 0.2) is 11.5 Å². The Morgan fingerprint density at radius 2 is 2.16 bits per heavy atom. The Balaban J connectivity index is 1.75. The number of nitrogens with zero attached hydrogens (tertiary/aromatic N) is 1. The van der Waals surface area contributed by atoms with Gasteiger partial charge in [0.1, 0.15) is 11.3 Å². The zero-order chi connectivity index (χ0) is 13.0. The molecule has 1 aromatic carbocycles. The van der Waals surface area contributed by atoms with Gasteiger partial charge in [0.05, 0.1) is 13.0 Å². The number of benzene rings is 1. The molecule has 0 saturated heterocycles. The molecular formula is C15H18N2O2. The first-order valence-electron chi connectivity index (χ1n) is 6.96. The summed E-state index contributed by atoms with van der Waals surface area (Å²) in [5, 5.41) is 0. The van der Waals surface area contributed by atoms with Crippen molar-refractivity contribution in [3.05, 3.63) is 24.1 Å². The van der Waals surface area contributed by atoms with Crippen molar-refractivity contribution in [3.8, 4) is 5.75 Å². The van der Waals surface area contributed by atoms with Crippen molar-refractivity contribution in [1.82, 2.24) is 4.98 Å². The molecule has 0 aliphatic heterocycles. The maximum Gasteiger partial charge on any atom is 0.200 e. The lowest BCUT2D eigenvalue weighted by Gasteiger charge is -2.25. The van der Waals surface area contributed by atoms with Crippen molar-refractivity contribution in [2.75, 3.05) is 7.11 Å². The van der Waals surface area contributed by atoms with Crippen LogP contribution in [0.25, 0.3) is 11.1 Å². The summed E-state index contributed by atoms with van der Waals surface area (Å²) in [5.41, 5.74) is 8.04. The van der Waals surface area contributed by atoms with Crippen LogP contribution in [0.2, 0.25) is 0 Å². The van der Waals surface area contributed by atoms with Crippen molar-refractivity contribution < 1.29 is 9.15 Å². The van der Waals surface area contributed by atoms with Crippen molar-refractivity contribution in [1.29, 1.82) is 0 Å². The largest absolute Gasteiger partial charge is 0.497 e. The number of fused-ring (bicyclic) bond motifs is 3. The van der Waals surface area contributed by atoms with Gasteiger partial charge < -0.3 is 14.9 Å². The van der Waals surface area contributed by atoms with Gasteiger partial charge in [-0.15, -0.1) is 0 Å². The summed E-state index contributed by atoms with van der Waals surface area (Å²) in [5.74, 6) is 3.25. The lowest BCUT2D eigenvalue weighted by atomic mass is 9.85. The predicted octanol–water partition coefficient (Wildman–Crippen LogP) is 2.68. The number of rotatable bonds is 2. The van der Waals surface area contributed by atoms with Gasteiger partial charge in [0.2, 0.25) is 0 Å². The molecule has 2 N–H and O–H groups in total. The minimum absolute atomic E-state index is 0.216. The second-order valence-corrected chi connectivity index (χ2v) is 5.82. The van der Waals surface area contributed by atoms with E-state index in [0.29, 0.717) is 17.8 Å². The molecule has 4 unspecified atom stereocenters. The van der Waals surface area contributed by atoms with E-state index in [1.807, 2.05) is 18.2 Å². The minimum atomic E-state index is 0.216. The monoisotopic (exact) mass is 258 g/mol. The number of oxazole rings is 1. The van der Waals surface area contributed by atoms with Crippen LogP contribution in [0.3, 0.4) is 0 Å². The van der Waals surface area contributed by atoms with E-state index in [0.717, 1.165) is 22.7 Å². The van der Waals surface area contributed by atoms with Gasteiger partial charge in [0, 0.05) is 12.1 Å². The van der Waals surface area contributed by atoms with E-state index in [9.17, 15) is 0 Å². The molecule has 4 rings (SSSR count). The van der Waals surface area contributed by atoms with E-state index in [4.69, 9.17) is 14.9 Å². The van der Waals surface area contributed by atoms with Crippen LogP contribution in [0, 0.1) is 11.8 Å². The van der Waals surface area contributed by atoms with E-state index in [1.54, 1.807) is 7.11 Å². The van der Waals surface area contributed by atoms with Gasteiger partial charge in [0.25, 0.3) is 0 Å². The normalized spacial score (nSPS) is 33.2. The number of aromatic nitrogens is 1. The molecule has 100 valence electrons. The fourth-order valence-electron chi connectivity index (χ4n) is 3.89. The Morgan fingerprint density at radius 3 is 2.89 bits per heavy atom. The quantitative estimate of drug-likeness (QED) is 0.899. The standard InChI is InChI=1S/C15H18N2O2/c1-18-10-4-5-11-12(7-10)19-15(17-11)13-8-2-3-9(6-8)14(13)16/h4-5,7-9,13-14H,2-3,6,16H2,1H3. The van der Waals surface area contributed by atoms with Crippen LogP contribution in [-0.2, 0) is 0 Å². The van der Waals surface area contributed by atoms with E-state index >= 15 is 0 Å². The summed E-state index contributed by atoms with van der Waals surface area (Å²) in [6.45, 7) is 0. The highest BCUT2D eigenvalue weighted by Gasteiger charge is 2.48. The van der Waals surface area contributed by atoms with E-state index in [2.05, 4.69) is 4.98 Å². The van der Waals surface area contributed by atoms with Crippen molar-refractivity contribution in [3.63, 3.8) is 0 Å². The summed E-state index contributed by atoms with van der Waals surface area (Å²) in [6, 6.07) is 5.97. The number of hydrogen-bond donors (Lipinski definition) is 1. The summed E-state index contributed by atoms with van der Waals surface area (Å²) < 4.78 is 11.2. The van der Waals surface area contributed by atoms with Crippen LogP contribution in [0.15, 0.2) is 22.6 Å². The Hall–Kier alpha value is -1.55. The van der Waals surface area contributed by atoms with Gasteiger partial charge in [-0.2, -0.15) is 0 Å². The first-order valence-corrected chi connectivity index (χ1v) is 6.96. The van der Waals surface area contributed by atoms with Gasteiger partial charge in [-0.05, 0) is 43.2 Å². The zero-order valence-corrected chi connectivity index (χ0v) is 11.0. The molecule has 2 aromatic rings. The molecule has 2 saturated carbocycles. The van der Waals surface area contributed by atoms with E-state index in [1.165, 1.54) is 19.3 Å². The van der Waals surface area contributed by atoms with Crippen LogP contribution < -0.4 is 10.5 Å². The molecule has 4 nitrogen and oxygen atoms in total. The summed E-state index contributed by atoms with van der Waals surface area (Å²) in [7, 11) is 1.66. The van der Waals surface area contributed by atoms with Crippen molar-refractivity contribution in [2.24, 2.45) is 17.6 Å². The minimum Gasteiger partial charge on any atom is -0.497 e. The molecule has 2 aliphatic rings. The molecule has 2 bridgehead atoms. The number of ether oxygens (including phenoxy) is 1. The lowest BCUT2D eigenvalue weighted by Crippen LogP contribution is -2.34. The van der Waals surface area contributed by atoms with Crippen LogP contribution in [0.1, 0.15) is 31.1 Å².